The van der Waals surface area contributed by atoms with Crippen LogP contribution in [0.4, 0.5) is 5.69 Å². The molecule has 0 radical (unpaired) electrons. The van der Waals surface area contributed by atoms with E-state index in [-0.39, 0.29) is 0 Å². The molecule has 0 unspecified atom stereocenters. The van der Waals surface area contributed by atoms with E-state index in [1.807, 2.05) is 19.1 Å². The van der Waals surface area contributed by atoms with E-state index in [0.29, 0.717) is 25.3 Å². The summed E-state index contributed by atoms with van der Waals surface area (Å²) in [6.07, 6.45) is 1.94. The zero-order valence-electron chi connectivity index (χ0n) is 11.6. The zero-order chi connectivity index (χ0) is 14.2. The van der Waals surface area contributed by atoms with Crippen LogP contribution in [0.3, 0.4) is 0 Å². The SMILES string of the molecule is Cc1cc(N2CCCC3(C2)OCCO3)ccc1C(=O)O. The molecule has 1 spiro atoms. The Morgan fingerprint density at radius 2 is 2.10 bits per heavy atom. The summed E-state index contributed by atoms with van der Waals surface area (Å²) in [4.78, 5) is 13.3. The second-order valence-corrected chi connectivity index (χ2v) is 5.44. The number of ether oxygens (including phenoxy) is 2. The Bertz CT molecular complexity index is 523. The molecule has 2 saturated heterocycles. The Morgan fingerprint density at radius 1 is 1.35 bits per heavy atom. The van der Waals surface area contributed by atoms with Gasteiger partial charge in [-0.2, -0.15) is 0 Å². The van der Waals surface area contributed by atoms with Gasteiger partial charge in [-0.25, -0.2) is 4.79 Å². The van der Waals surface area contributed by atoms with Crippen LogP contribution in [0.1, 0.15) is 28.8 Å². The number of benzene rings is 1. The highest BCUT2D eigenvalue weighted by Crippen LogP contribution is 2.33. The fourth-order valence-electron chi connectivity index (χ4n) is 3.03. The molecule has 2 aliphatic heterocycles. The van der Waals surface area contributed by atoms with E-state index in [1.165, 1.54) is 0 Å². The summed E-state index contributed by atoms with van der Waals surface area (Å²) >= 11 is 0. The average molecular weight is 277 g/mol. The summed E-state index contributed by atoms with van der Waals surface area (Å²) in [6, 6.07) is 5.46. The molecule has 5 heteroatoms. The number of hydrogen-bond donors (Lipinski definition) is 1. The van der Waals surface area contributed by atoms with Crippen LogP contribution in [0.5, 0.6) is 0 Å². The maximum Gasteiger partial charge on any atom is 0.335 e. The molecule has 5 nitrogen and oxygen atoms in total. The lowest BCUT2D eigenvalue weighted by Gasteiger charge is -2.40. The highest BCUT2D eigenvalue weighted by Gasteiger charge is 2.40. The predicted octanol–water partition coefficient (Wildman–Crippen LogP) is 2.04. The number of nitrogens with zero attached hydrogens (tertiary/aromatic N) is 1. The second kappa shape index (κ2) is 5.07. The molecular weight excluding hydrogens is 258 g/mol. The van der Waals surface area contributed by atoms with Gasteiger partial charge < -0.3 is 19.5 Å². The van der Waals surface area contributed by atoms with Gasteiger partial charge in [-0.1, -0.05) is 0 Å². The first-order chi connectivity index (χ1) is 9.60. The number of carbonyl (C=O) groups is 1. The quantitative estimate of drug-likeness (QED) is 0.896. The largest absolute Gasteiger partial charge is 0.478 e. The Kier molecular flexibility index (Phi) is 3.40. The number of carboxylic acid groups (broad SMARTS) is 1. The van der Waals surface area contributed by atoms with E-state index in [4.69, 9.17) is 14.6 Å². The van der Waals surface area contributed by atoms with E-state index in [9.17, 15) is 4.79 Å². The van der Waals surface area contributed by atoms with Gasteiger partial charge in [-0.15, -0.1) is 0 Å². The average Bonchev–Trinajstić information content (AvgIpc) is 2.86. The smallest absolute Gasteiger partial charge is 0.335 e. The van der Waals surface area contributed by atoms with Crippen molar-refractivity contribution in [3.8, 4) is 0 Å². The Labute approximate surface area is 118 Å². The molecule has 0 saturated carbocycles. The van der Waals surface area contributed by atoms with Gasteiger partial charge in [-0.3, -0.25) is 0 Å². The predicted molar refractivity (Wildman–Crippen MR) is 74.2 cm³/mol. The Hall–Kier alpha value is -1.59. The van der Waals surface area contributed by atoms with Crippen molar-refractivity contribution in [3.63, 3.8) is 0 Å². The summed E-state index contributed by atoms with van der Waals surface area (Å²) < 4.78 is 11.5. The second-order valence-electron chi connectivity index (χ2n) is 5.44. The van der Waals surface area contributed by atoms with Gasteiger partial charge in [0.05, 0.1) is 25.3 Å². The monoisotopic (exact) mass is 277 g/mol. The normalized spacial score (nSPS) is 21.4. The van der Waals surface area contributed by atoms with Crippen LogP contribution in [0.2, 0.25) is 0 Å². The van der Waals surface area contributed by atoms with Crippen molar-refractivity contribution in [2.24, 2.45) is 0 Å². The highest BCUT2D eigenvalue weighted by atomic mass is 16.7. The molecule has 0 aliphatic carbocycles. The minimum atomic E-state index is -0.883. The third-order valence-corrected chi connectivity index (χ3v) is 4.04. The lowest BCUT2D eigenvalue weighted by atomic mass is 10.0. The fourth-order valence-corrected chi connectivity index (χ4v) is 3.03. The Balaban J connectivity index is 1.82. The first kappa shape index (κ1) is 13.4. The van der Waals surface area contributed by atoms with Crippen molar-refractivity contribution in [1.82, 2.24) is 0 Å². The molecule has 0 aromatic heterocycles. The number of anilines is 1. The van der Waals surface area contributed by atoms with Gasteiger partial charge in [0, 0.05) is 18.7 Å². The first-order valence-electron chi connectivity index (χ1n) is 6.96. The maximum absolute atomic E-state index is 11.1. The summed E-state index contributed by atoms with van der Waals surface area (Å²) in [5, 5.41) is 9.08. The number of aromatic carboxylic acids is 1. The number of carboxylic acids is 1. The van der Waals surface area contributed by atoms with E-state index in [0.717, 1.165) is 30.6 Å². The van der Waals surface area contributed by atoms with Crippen molar-refractivity contribution in [1.29, 1.82) is 0 Å². The van der Waals surface area contributed by atoms with Gasteiger partial charge in [-0.05, 0) is 37.1 Å². The highest BCUT2D eigenvalue weighted by molar-refractivity contribution is 5.89. The molecule has 1 N–H and O–H groups in total. The first-order valence-corrected chi connectivity index (χ1v) is 6.96. The minimum Gasteiger partial charge on any atom is -0.478 e. The van der Waals surface area contributed by atoms with Crippen molar-refractivity contribution in [2.75, 3.05) is 31.2 Å². The molecule has 20 heavy (non-hydrogen) atoms. The van der Waals surface area contributed by atoms with Crippen LogP contribution in [0, 0.1) is 6.92 Å². The Morgan fingerprint density at radius 3 is 2.75 bits per heavy atom. The third kappa shape index (κ3) is 2.39. The van der Waals surface area contributed by atoms with Gasteiger partial charge in [0.15, 0.2) is 5.79 Å². The van der Waals surface area contributed by atoms with Gasteiger partial charge >= 0.3 is 5.97 Å². The molecule has 2 heterocycles. The molecule has 1 aromatic carbocycles. The zero-order valence-corrected chi connectivity index (χ0v) is 11.6. The van der Waals surface area contributed by atoms with Gasteiger partial charge in [0.2, 0.25) is 0 Å². The van der Waals surface area contributed by atoms with Crippen LogP contribution in [-0.2, 0) is 9.47 Å². The molecule has 2 aliphatic rings. The van der Waals surface area contributed by atoms with Crippen molar-refractivity contribution in [2.45, 2.75) is 25.6 Å². The topological polar surface area (TPSA) is 59.0 Å². The molecule has 3 rings (SSSR count). The van der Waals surface area contributed by atoms with Crippen molar-refractivity contribution < 1.29 is 19.4 Å². The molecular formula is C15H19NO4. The van der Waals surface area contributed by atoms with Gasteiger partial charge in [0.1, 0.15) is 0 Å². The van der Waals surface area contributed by atoms with E-state index < -0.39 is 11.8 Å². The van der Waals surface area contributed by atoms with Crippen molar-refractivity contribution in [3.05, 3.63) is 29.3 Å². The van der Waals surface area contributed by atoms with Crippen molar-refractivity contribution >= 4 is 11.7 Å². The van der Waals surface area contributed by atoms with Crippen LogP contribution in [0.15, 0.2) is 18.2 Å². The summed E-state index contributed by atoms with van der Waals surface area (Å²) in [5.74, 6) is -1.34. The van der Waals surface area contributed by atoms with Crippen LogP contribution in [0.25, 0.3) is 0 Å². The molecule has 108 valence electrons. The van der Waals surface area contributed by atoms with Crippen LogP contribution < -0.4 is 4.90 Å². The fraction of sp³-hybridized carbons (Fsp3) is 0.533. The van der Waals surface area contributed by atoms with E-state index in [1.54, 1.807) is 6.07 Å². The minimum absolute atomic E-state index is 0.355. The number of hydrogen-bond acceptors (Lipinski definition) is 4. The number of piperidine rings is 1. The number of rotatable bonds is 2. The standard InChI is InChI=1S/C15H19NO4/c1-11-9-12(3-4-13(11)14(17)18)16-6-2-5-15(10-16)19-7-8-20-15/h3-4,9H,2,5-8,10H2,1H3,(H,17,18). The summed E-state index contributed by atoms with van der Waals surface area (Å²) in [5.41, 5.74) is 2.17. The molecule has 0 amide bonds. The van der Waals surface area contributed by atoms with Crippen LogP contribution >= 0.6 is 0 Å². The van der Waals surface area contributed by atoms with Crippen LogP contribution in [-0.4, -0.2) is 43.2 Å². The van der Waals surface area contributed by atoms with Gasteiger partial charge in [0.25, 0.3) is 0 Å². The summed E-state index contributed by atoms with van der Waals surface area (Å²) in [7, 11) is 0. The molecule has 0 bridgehead atoms. The summed E-state index contributed by atoms with van der Waals surface area (Å²) in [6.45, 7) is 4.80. The lowest BCUT2D eigenvalue weighted by molar-refractivity contribution is -0.161. The van der Waals surface area contributed by atoms with E-state index in [2.05, 4.69) is 4.90 Å². The lowest BCUT2D eigenvalue weighted by Crippen LogP contribution is -2.49. The number of aryl methyl sites for hydroxylation is 1. The van der Waals surface area contributed by atoms with E-state index >= 15 is 0 Å². The molecule has 2 fully saturated rings. The molecule has 1 aromatic rings. The molecule has 0 atom stereocenters. The third-order valence-electron chi connectivity index (χ3n) is 4.04. The maximum atomic E-state index is 11.1.